The van der Waals surface area contributed by atoms with Gasteiger partial charge in [0.25, 0.3) is 0 Å². The summed E-state index contributed by atoms with van der Waals surface area (Å²) < 4.78 is 11.8. The standard InChI is InChI=1S/C24H29ClN4O5/c1-14-21(20-13-32-22(19(20)11-26-14)15-6-8-17(25)9-7-15)34-23(30)18-10-16(18)12-33-27-29(31)28(5)24(2,3)4/h6-9,11,16,18,22H,10,12-13H2,1-5H3/b29-27+/t16?,18?,22-/m0/s1. The summed E-state index contributed by atoms with van der Waals surface area (Å²) in [5.41, 5.74) is 2.90. The number of rotatable bonds is 7. The SMILES string of the molecule is Cc1ncc2c(c1OC(=O)C1CC1CO/N=[N+](/[O-])N(C)C(C)(C)C)CO[C@H]2c1ccc(Cl)cc1. The second-order valence-corrected chi connectivity index (χ2v) is 10.1. The fourth-order valence-electron chi connectivity index (χ4n) is 3.72. The van der Waals surface area contributed by atoms with Crippen LogP contribution in [0.5, 0.6) is 5.75 Å². The van der Waals surface area contributed by atoms with Crippen molar-refractivity contribution in [3.8, 4) is 5.75 Å². The van der Waals surface area contributed by atoms with Gasteiger partial charge >= 0.3 is 5.97 Å². The van der Waals surface area contributed by atoms with Crippen LogP contribution in [0, 0.1) is 24.0 Å². The van der Waals surface area contributed by atoms with Gasteiger partial charge in [-0.3, -0.25) is 9.78 Å². The van der Waals surface area contributed by atoms with E-state index in [1.807, 2.05) is 45.0 Å². The summed E-state index contributed by atoms with van der Waals surface area (Å²) in [5, 5.41) is 17.6. The zero-order chi connectivity index (χ0) is 24.6. The van der Waals surface area contributed by atoms with E-state index in [1.165, 1.54) is 5.01 Å². The zero-order valence-electron chi connectivity index (χ0n) is 19.9. The van der Waals surface area contributed by atoms with Gasteiger partial charge < -0.3 is 19.5 Å². The van der Waals surface area contributed by atoms with Crippen molar-refractivity contribution in [3.63, 3.8) is 0 Å². The minimum atomic E-state index is -0.390. The first-order valence-electron chi connectivity index (χ1n) is 11.2. The second-order valence-electron chi connectivity index (χ2n) is 9.70. The molecule has 10 heteroatoms. The molecule has 0 spiro atoms. The lowest BCUT2D eigenvalue weighted by Gasteiger charge is -2.26. The van der Waals surface area contributed by atoms with Crippen molar-refractivity contribution in [3.05, 3.63) is 63.1 Å². The van der Waals surface area contributed by atoms with Crippen LogP contribution in [0.3, 0.4) is 0 Å². The number of hydrogen-bond acceptors (Lipinski definition) is 7. The number of hydrazine groups is 1. The predicted octanol–water partition coefficient (Wildman–Crippen LogP) is 4.74. The van der Waals surface area contributed by atoms with Crippen LogP contribution in [-0.2, 0) is 21.0 Å². The number of aromatic nitrogens is 1. The van der Waals surface area contributed by atoms with Crippen molar-refractivity contribution in [2.45, 2.75) is 52.4 Å². The molecule has 1 saturated carbocycles. The molecule has 182 valence electrons. The zero-order valence-corrected chi connectivity index (χ0v) is 20.7. The van der Waals surface area contributed by atoms with Gasteiger partial charge in [0, 0.05) is 28.3 Å². The van der Waals surface area contributed by atoms with Gasteiger partial charge in [0.05, 0.1) is 35.8 Å². The van der Waals surface area contributed by atoms with Crippen LogP contribution in [0.2, 0.25) is 5.02 Å². The Balaban J connectivity index is 1.38. The minimum absolute atomic E-state index is 0.0484. The fraction of sp³-hybridized carbons (Fsp3) is 0.500. The van der Waals surface area contributed by atoms with Crippen molar-refractivity contribution >= 4 is 17.6 Å². The third kappa shape index (κ3) is 5.10. The minimum Gasteiger partial charge on any atom is -0.569 e. The number of esters is 1. The average molecular weight is 489 g/mol. The number of hydrogen-bond donors (Lipinski definition) is 0. The first-order valence-corrected chi connectivity index (χ1v) is 11.5. The molecule has 9 nitrogen and oxygen atoms in total. The molecule has 1 aromatic heterocycles. The highest BCUT2D eigenvalue weighted by Gasteiger charge is 2.46. The van der Waals surface area contributed by atoms with Crippen LogP contribution in [-0.4, -0.2) is 40.1 Å². The van der Waals surface area contributed by atoms with Crippen molar-refractivity contribution in [1.82, 2.24) is 9.99 Å². The Bertz CT molecular complexity index is 1100. The number of halogens is 1. The van der Waals surface area contributed by atoms with Crippen molar-refractivity contribution in [2.24, 2.45) is 17.1 Å². The Hall–Kier alpha value is -2.91. The summed E-state index contributed by atoms with van der Waals surface area (Å²) in [7, 11) is 1.63. The molecule has 2 aliphatic rings. The molecular weight excluding hydrogens is 460 g/mol. The van der Waals surface area contributed by atoms with Crippen LogP contribution in [0.4, 0.5) is 0 Å². The van der Waals surface area contributed by atoms with E-state index in [2.05, 4.69) is 10.3 Å². The molecule has 0 radical (unpaired) electrons. The van der Waals surface area contributed by atoms with E-state index in [0.29, 0.717) is 34.5 Å². The van der Waals surface area contributed by atoms with Crippen LogP contribution in [0.1, 0.15) is 55.7 Å². The summed E-state index contributed by atoms with van der Waals surface area (Å²) in [5.74, 6) is -0.242. The Morgan fingerprint density at radius 1 is 1.35 bits per heavy atom. The lowest BCUT2D eigenvalue weighted by atomic mass is 10.0. The molecule has 0 bridgehead atoms. The molecule has 1 aliphatic carbocycles. The van der Waals surface area contributed by atoms with Crippen LogP contribution in [0.25, 0.3) is 0 Å². The first kappa shape index (κ1) is 24.2. The largest absolute Gasteiger partial charge is 0.569 e. The van der Waals surface area contributed by atoms with E-state index in [9.17, 15) is 10.0 Å². The maximum Gasteiger partial charge on any atom is 0.314 e. The van der Waals surface area contributed by atoms with E-state index in [1.54, 1.807) is 20.2 Å². The van der Waals surface area contributed by atoms with Gasteiger partial charge in [-0.2, -0.15) is 0 Å². The Kier molecular flexibility index (Phi) is 6.69. The molecule has 1 aliphatic heterocycles. The van der Waals surface area contributed by atoms with Gasteiger partial charge in [-0.05, 0) is 51.8 Å². The summed E-state index contributed by atoms with van der Waals surface area (Å²) in [6.45, 7) is 7.97. The van der Waals surface area contributed by atoms with Gasteiger partial charge in [-0.25, -0.2) is 0 Å². The number of benzene rings is 1. The quantitative estimate of drug-likeness (QED) is 0.240. The number of aryl methyl sites for hydroxylation is 1. The number of fused-ring (bicyclic) bond motifs is 1. The Labute approximate surface area is 203 Å². The number of carbonyl (C=O) groups is 1. The molecular formula is C24H29ClN4O5. The third-order valence-corrected chi connectivity index (χ3v) is 6.52. The number of ether oxygens (including phenoxy) is 2. The Morgan fingerprint density at radius 3 is 2.74 bits per heavy atom. The molecule has 34 heavy (non-hydrogen) atoms. The maximum absolute atomic E-state index is 12.8. The number of nitrogens with zero attached hydrogens (tertiary/aromatic N) is 4. The Morgan fingerprint density at radius 2 is 2.06 bits per heavy atom. The molecule has 1 fully saturated rings. The van der Waals surface area contributed by atoms with Gasteiger partial charge in [0.15, 0.2) is 5.75 Å². The highest BCUT2D eigenvalue weighted by atomic mass is 35.5. The molecule has 0 N–H and O–H groups in total. The van der Waals surface area contributed by atoms with E-state index >= 15 is 0 Å². The number of carbonyl (C=O) groups excluding carboxylic acids is 1. The fourth-order valence-corrected chi connectivity index (χ4v) is 3.85. The molecule has 2 unspecified atom stereocenters. The first-order chi connectivity index (χ1) is 16.1. The maximum atomic E-state index is 12.8. The van der Waals surface area contributed by atoms with Gasteiger partial charge in [0.1, 0.15) is 12.7 Å². The summed E-state index contributed by atoms with van der Waals surface area (Å²) >= 11 is 6.00. The van der Waals surface area contributed by atoms with E-state index in [0.717, 1.165) is 16.7 Å². The molecule has 1 aromatic carbocycles. The van der Waals surface area contributed by atoms with Crippen LogP contribution >= 0.6 is 11.6 Å². The normalized spacial score (nSPS) is 21.7. The molecule has 3 atom stereocenters. The van der Waals surface area contributed by atoms with Crippen molar-refractivity contribution in [1.29, 1.82) is 0 Å². The van der Waals surface area contributed by atoms with Gasteiger partial charge in [0.2, 0.25) is 5.28 Å². The van der Waals surface area contributed by atoms with Gasteiger partial charge in [-0.1, -0.05) is 23.7 Å². The highest BCUT2D eigenvalue weighted by Crippen LogP contribution is 2.43. The van der Waals surface area contributed by atoms with Crippen molar-refractivity contribution in [2.75, 3.05) is 13.7 Å². The average Bonchev–Trinajstić information content (AvgIpc) is 3.43. The molecule has 4 rings (SSSR count). The molecule has 0 saturated heterocycles. The molecule has 2 heterocycles. The van der Waals surface area contributed by atoms with Crippen molar-refractivity contribution < 1.29 is 24.1 Å². The summed E-state index contributed by atoms with van der Waals surface area (Å²) in [6, 6.07) is 7.46. The second kappa shape index (κ2) is 9.38. The van der Waals surface area contributed by atoms with Gasteiger partial charge in [-0.15, -0.1) is 5.01 Å². The van der Waals surface area contributed by atoms with E-state index < -0.39 is 5.54 Å². The molecule has 2 aromatic rings. The molecule has 0 amide bonds. The summed E-state index contributed by atoms with van der Waals surface area (Å²) in [4.78, 5) is 22.8. The monoisotopic (exact) mass is 488 g/mol. The van der Waals surface area contributed by atoms with Crippen LogP contribution in [0.15, 0.2) is 35.7 Å². The predicted molar refractivity (Wildman–Crippen MR) is 124 cm³/mol. The topological polar surface area (TPSA) is 99.3 Å². The summed E-state index contributed by atoms with van der Waals surface area (Å²) in [6.07, 6.45) is 2.10. The van der Waals surface area contributed by atoms with E-state index in [-0.39, 0.29) is 30.5 Å². The third-order valence-electron chi connectivity index (χ3n) is 6.27. The number of pyridine rings is 1. The highest BCUT2D eigenvalue weighted by molar-refractivity contribution is 6.30. The lowest BCUT2D eigenvalue weighted by Crippen LogP contribution is -2.42. The van der Waals surface area contributed by atoms with Crippen LogP contribution < -0.4 is 4.74 Å². The van der Waals surface area contributed by atoms with E-state index in [4.69, 9.17) is 25.9 Å². The lowest BCUT2D eigenvalue weighted by molar-refractivity contribution is -0.719. The smallest absolute Gasteiger partial charge is 0.314 e.